The number of fused-ring (bicyclic) bond motifs is 2. The summed E-state index contributed by atoms with van der Waals surface area (Å²) >= 11 is 7.53. The lowest BCUT2D eigenvalue weighted by Gasteiger charge is -2.28. The summed E-state index contributed by atoms with van der Waals surface area (Å²) in [5.74, 6) is 1.23. The molecule has 1 unspecified atom stereocenters. The van der Waals surface area contributed by atoms with E-state index in [1.54, 1.807) is 0 Å². The van der Waals surface area contributed by atoms with Crippen molar-refractivity contribution >= 4 is 50.2 Å². The van der Waals surface area contributed by atoms with Gasteiger partial charge in [-0.05, 0) is 24.0 Å². The zero-order chi connectivity index (χ0) is 10.9. The third kappa shape index (κ3) is 0.977. The van der Waals surface area contributed by atoms with Crippen LogP contribution in [0.25, 0.3) is 0 Å². The minimum absolute atomic E-state index is 0.0792. The molecular formula is C9H13N4S3+. The van der Waals surface area contributed by atoms with Crippen molar-refractivity contribution in [1.82, 2.24) is 14.1 Å². The number of hydrogen-bond donors (Lipinski definition) is 0. The molecule has 0 aromatic heterocycles. The zero-order valence-corrected chi connectivity index (χ0v) is 11.5. The van der Waals surface area contributed by atoms with Gasteiger partial charge in [-0.25, -0.2) is 0 Å². The van der Waals surface area contributed by atoms with E-state index in [2.05, 4.69) is 25.1 Å². The summed E-state index contributed by atoms with van der Waals surface area (Å²) in [5, 5.41) is 3.93. The second-order valence-electron chi connectivity index (χ2n) is 4.22. The molecule has 0 aliphatic carbocycles. The van der Waals surface area contributed by atoms with E-state index in [9.17, 15) is 0 Å². The normalized spacial score (nSPS) is 31.8. The van der Waals surface area contributed by atoms with Gasteiger partial charge in [-0.3, -0.25) is 9.21 Å². The number of rotatable bonds is 0. The Balaban J connectivity index is 1.91. The van der Waals surface area contributed by atoms with Crippen LogP contribution in [0, 0.1) is 0 Å². The number of thioether (sulfide) groups is 1. The van der Waals surface area contributed by atoms with Gasteiger partial charge in [0.05, 0.1) is 6.54 Å². The van der Waals surface area contributed by atoms with E-state index in [0.29, 0.717) is 0 Å². The molecule has 4 aliphatic heterocycles. The van der Waals surface area contributed by atoms with Crippen molar-refractivity contribution in [2.24, 2.45) is 0 Å². The average Bonchev–Trinajstić information content (AvgIpc) is 2.91. The molecule has 86 valence electrons. The smallest absolute Gasteiger partial charge is 0.275 e. The maximum atomic E-state index is 5.53. The van der Waals surface area contributed by atoms with Crippen molar-refractivity contribution in [3.05, 3.63) is 0 Å². The van der Waals surface area contributed by atoms with E-state index in [4.69, 9.17) is 12.2 Å². The minimum Gasteiger partial charge on any atom is -0.275 e. The summed E-state index contributed by atoms with van der Waals surface area (Å²) in [4.78, 5) is 4.84. The fourth-order valence-electron chi connectivity index (χ4n) is 2.65. The molecule has 1 saturated heterocycles. The molecule has 0 saturated carbocycles. The van der Waals surface area contributed by atoms with Crippen LogP contribution in [-0.4, -0.2) is 65.9 Å². The Morgan fingerprint density at radius 3 is 3.06 bits per heavy atom. The Morgan fingerprint density at radius 1 is 1.38 bits per heavy atom. The van der Waals surface area contributed by atoms with Crippen molar-refractivity contribution < 1.29 is 3.98 Å². The standard InChI is InChI=1S/C9H13N4S3/c1-10-7(14)11-3-2-4-12-8-13(5-6-15-8)16(10)9(11)12/h2-6H2,1H3/q+1. The Hall–Kier alpha value is -0.270. The first-order valence-corrected chi connectivity index (χ1v) is 8.04. The summed E-state index contributed by atoms with van der Waals surface area (Å²) < 4.78 is 4.82. The zero-order valence-electron chi connectivity index (χ0n) is 9.05. The SMILES string of the molecule is CN1C(=S)N2CCCN3C4=[N+](CCS4)S1=C23. The number of thiocarbonyl (C=S) groups is 1. The molecule has 4 heterocycles. The van der Waals surface area contributed by atoms with Crippen molar-refractivity contribution in [3.8, 4) is 0 Å². The van der Waals surface area contributed by atoms with Gasteiger partial charge in [0, 0.05) is 25.8 Å². The maximum Gasteiger partial charge on any atom is 0.328 e. The molecule has 1 atom stereocenters. The Bertz CT molecular complexity index is 469. The molecule has 0 N–H and O–H groups in total. The third-order valence-corrected chi connectivity index (χ3v) is 7.37. The van der Waals surface area contributed by atoms with Crippen LogP contribution in [-0.2, 0) is 0 Å². The highest BCUT2D eigenvalue weighted by Gasteiger charge is 2.53. The predicted octanol–water partition coefficient (Wildman–Crippen LogP) is 0.540. The Labute approximate surface area is 107 Å². The first-order valence-electron chi connectivity index (χ1n) is 5.50. The molecule has 1 fully saturated rings. The van der Waals surface area contributed by atoms with E-state index in [0.717, 1.165) is 11.7 Å². The number of nitrogens with zero attached hydrogens (tertiary/aromatic N) is 4. The lowest BCUT2D eigenvalue weighted by molar-refractivity contribution is -0.341. The molecule has 4 aliphatic rings. The molecule has 0 spiro atoms. The summed E-state index contributed by atoms with van der Waals surface area (Å²) in [6.45, 7) is 3.44. The van der Waals surface area contributed by atoms with Crippen LogP contribution in [0.15, 0.2) is 0 Å². The molecule has 16 heavy (non-hydrogen) atoms. The topological polar surface area (TPSA) is 12.7 Å². The summed E-state index contributed by atoms with van der Waals surface area (Å²) in [7, 11) is 2.22. The van der Waals surface area contributed by atoms with Crippen LogP contribution < -0.4 is 0 Å². The van der Waals surface area contributed by atoms with Crippen LogP contribution in [0.1, 0.15) is 6.42 Å². The van der Waals surface area contributed by atoms with E-state index in [-0.39, 0.29) is 10.9 Å². The second kappa shape index (κ2) is 3.14. The Morgan fingerprint density at radius 2 is 2.19 bits per heavy atom. The van der Waals surface area contributed by atoms with E-state index < -0.39 is 0 Å². The van der Waals surface area contributed by atoms with Gasteiger partial charge in [0.2, 0.25) is 0 Å². The van der Waals surface area contributed by atoms with Gasteiger partial charge in [0.25, 0.3) is 5.11 Å². The van der Waals surface area contributed by atoms with Gasteiger partial charge in [-0.1, -0.05) is 0 Å². The average molecular weight is 273 g/mol. The second-order valence-corrected chi connectivity index (χ2v) is 7.53. The van der Waals surface area contributed by atoms with E-state index >= 15 is 0 Å². The van der Waals surface area contributed by atoms with Gasteiger partial charge in [0.1, 0.15) is 6.54 Å². The molecule has 7 heteroatoms. The lowest BCUT2D eigenvalue weighted by atomic mass is 10.3. The van der Waals surface area contributed by atoms with Crippen LogP contribution in [0.4, 0.5) is 0 Å². The van der Waals surface area contributed by atoms with Gasteiger partial charge in [-0.15, -0.1) is 0 Å². The van der Waals surface area contributed by atoms with Gasteiger partial charge in [-0.2, -0.15) is 8.88 Å². The molecule has 0 amide bonds. The molecule has 0 aromatic carbocycles. The van der Waals surface area contributed by atoms with Crippen molar-refractivity contribution in [1.29, 1.82) is 0 Å². The first kappa shape index (κ1) is 9.73. The molecule has 4 rings (SSSR count). The van der Waals surface area contributed by atoms with Crippen LogP contribution in [0.5, 0.6) is 0 Å². The van der Waals surface area contributed by atoms with Crippen LogP contribution in [0.2, 0.25) is 0 Å². The fourth-order valence-corrected chi connectivity index (χ4v) is 6.91. The lowest BCUT2D eigenvalue weighted by Crippen LogP contribution is -2.51. The summed E-state index contributed by atoms with van der Waals surface area (Å²) in [6.07, 6.45) is 1.21. The predicted molar refractivity (Wildman–Crippen MR) is 73.6 cm³/mol. The number of amidine groups is 1. The van der Waals surface area contributed by atoms with Crippen molar-refractivity contribution in [2.45, 2.75) is 6.42 Å². The highest BCUT2D eigenvalue weighted by molar-refractivity contribution is 8.17. The van der Waals surface area contributed by atoms with Crippen molar-refractivity contribution in [3.63, 3.8) is 0 Å². The molecule has 0 radical (unpaired) electrons. The molecule has 0 bridgehead atoms. The fraction of sp³-hybridized carbons (Fsp3) is 0.667. The van der Waals surface area contributed by atoms with Crippen molar-refractivity contribution in [2.75, 3.05) is 32.4 Å². The third-order valence-electron chi connectivity index (χ3n) is 3.33. The van der Waals surface area contributed by atoms with E-state index in [1.807, 2.05) is 11.8 Å². The monoisotopic (exact) mass is 273 g/mol. The van der Waals surface area contributed by atoms with Crippen LogP contribution in [0.3, 0.4) is 0 Å². The highest BCUT2D eigenvalue weighted by Crippen LogP contribution is 2.42. The molecule has 4 nitrogen and oxygen atoms in total. The number of hydrogen-bond acceptors (Lipinski definition) is 3. The molecular weight excluding hydrogens is 260 g/mol. The quantitative estimate of drug-likeness (QED) is 0.470. The van der Waals surface area contributed by atoms with E-state index in [1.165, 1.54) is 35.5 Å². The summed E-state index contributed by atoms with van der Waals surface area (Å²) in [6, 6.07) is 0. The Kier molecular flexibility index (Phi) is 1.91. The van der Waals surface area contributed by atoms with Crippen LogP contribution >= 0.6 is 34.8 Å². The largest absolute Gasteiger partial charge is 0.328 e. The highest BCUT2D eigenvalue weighted by atomic mass is 32.2. The first-order chi connectivity index (χ1) is 7.79. The summed E-state index contributed by atoms with van der Waals surface area (Å²) in [5.41, 5.74) is 0. The minimum atomic E-state index is 0.0792. The maximum absolute atomic E-state index is 5.53. The van der Waals surface area contributed by atoms with Gasteiger partial charge < -0.3 is 0 Å². The molecule has 0 aromatic rings. The van der Waals surface area contributed by atoms with Gasteiger partial charge >= 0.3 is 5.17 Å². The van der Waals surface area contributed by atoms with Gasteiger partial charge in [0.15, 0.2) is 16.0 Å².